The second-order valence-corrected chi connectivity index (χ2v) is 7.68. The van der Waals surface area contributed by atoms with Crippen molar-refractivity contribution in [3.63, 3.8) is 0 Å². The lowest BCUT2D eigenvalue weighted by Gasteiger charge is -2.34. The number of anilines is 1. The number of allylic oxidation sites excluding steroid dienone is 2. The van der Waals surface area contributed by atoms with E-state index < -0.39 is 0 Å². The van der Waals surface area contributed by atoms with Gasteiger partial charge >= 0.3 is 0 Å². The van der Waals surface area contributed by atoms with Crippen LogP contribution in [0, 0.1) is 23.7 Å². The van der Waals surface area contributed by atoms with Crippen LogP contribution in [0.25, 0.3) is 0 Å². The van der Waals surface area contributed by atoms with Gasteiger partial charge in [0.2, 0.25) is 5.95 Å². The lowest BCUT2D eigenvalue weighted by Crippen LogP contribution is -2.48. The number of carbonyl (C=O) groups is 2. The van der Waals surface area contributed by atoms with E-state index in [9.17, 15) is 9.59 Å². The predicted octanol–water partition coefficient (Wildman–Crippen LogP) is 0.337. The Morgan fingerprint density at radius 3 is 2.22 bits per heavy atom. The molecule has 8 heteroatoms. The van der Waals surface area contributed by atoms with Crippen LogP contribution in [0.2, 0.25) is 0 Å². The third kappa shape index (κ3) is 2.83. The van der Waals surface area contributed by atoms with E-state index in [1.165, 1.54) is 0 Å². The van der Waals surface area contributed by atoms with Gasteiger partial charge in [-0.1, -0.05) is 12.2 Å². The minimum absolute atomic E-state index is 0.145. The van der Waals surface area contributed by atoms with Crippen LogP contribution in [0.1, 0.15) is 6.42 Å². The summed E-state index contributed by atoms with van der Waals surface area (Å²) in [6.07, 6.45) is 8.64. The highest BCUT2D eigenvalue weighted by molar-refractivity contribution is 6.05. The number of hydrogen-bond donors (Lipinski definition) is 0. The van der Waals surface area contributed by atoms with Crippen molar-refractivity contribution in [3.8, 4) is 0 Å². The van der Waals surface area contributed by atoms with Gasteiger partial charge in [-0.2, -0.15) is 5.06 Å². The Labute approximate surface area is 157 Å². The summed E-state index contributed by atoms with van der Waals surface area (Å²) in [5, 5.41) is 1.05. The van der Waals surface area contributed by atoms with Crippen LogP contribution in [0.5, 0.6) is 0 Å². The molecule has 8 nitrogen and oxygen atoms in total. The molecule has 0 N–H and O–H groups in total. The molecule has 0 spiro atoms. The first-order valence-electron chi connectivity index (χ1n) is 9.66. The van der Waals surface area contributed by atoms with Crippen LogP contribution in [0.4, 0.5) is 5.95 Å². The van der Waals surface area contributed by atoms with Crippen molar-refractivity contribution >= 4 is 17.8 Å². The monoisotopic (exact) mass is 369 g/mol. The molecule has 4 aliphatic rings. The largest absolute Gasteiger partial charge is 0.338 e. The van der Waals surface area contributed by atoms with Gasteiger partial charge in [-0.25, -0.2) is 9.97 Å². The Hall–Kier alpha value is -2.32. The van der Waals surface area contributed by atoms with E-state index >= 15 is 0 Å². The molecule has 142 valence electrons. The van der Waals surface area contributed by atoms with E-state index in [1.807, 2.05) is 6.07 Å². The molecule has 27 heavy (non-hydrogen) atoms. The zero-order chi connectivity index (χ0) is 18.4. The lowest BCUT2D eigenvalue weighted by molar-refractivity contribution is -0.191. The highest BCUT2D eigenvalue weighted by Crippen LogP contribution is 2.52. The molecule has 3 fully saturated rings. The van der Waals surface area contributed by atoms with E-state index in [0.29, 0.717) is 13.2 Å². The lowest BCUT2D eigenvalue weighted by atomic mass is 9.85. The Kier molecular flexibility index (Phi) is 4.17. The van der Waals surface area contributed by atoms with Gasteiger partial charge in [0, 0.05) is 45.1 Å². The van der Waals surface area contributed by atoms with Gasteiger partial charge in [-0.05, 0) is 24.3 Å². The van der Waals surface area contributed by atoms with Gasteiger partial charge in [0.15, 0.2) is 0 Å². The second-order valence-electron chi connectivity index (χ2n) is 7.68. The van der Waals surface area contributed by atoms with Crippen LogP contribution in [-0.2, 0) is 14.4 Å². The van der Waals surface area contributed by atoms with Crippen molar-refractivity contribution in [2.45, 2.75) is 6.42 Å². The Bertz CT molecular complexity index is 732. The van der Waals surface area contributed by atoms with Crippen molar-refractivity contribution < 1.29 is 14.4 Å². The smallest absolute Gasteiger partial charge is 0.258 e. The fraction of sp³-hybridized carbons (Fsp3) is 0.579. The quantitative estimate of drug-likeness (QED) is 0.547. The number of hydrogen-bond acceptors (Lipinski definition) is 7. The molecule has 2 amide bonds. The van der Waals surface area contributed by atoms with Gasteiger partial charge in [-0.3, -0.25) is 19.3 Å². The summed E-state index contributed by atoms with van der Waals surface area (Å²) < 4.78 is 0. The second kappa shape index (κ2) is 6.69. The average Bonchev–Trinajstić information content (AvgIpc) is 3.39. The molecular formula is C19H23N5O3. The van der Waals surface area contributed by atoms with Crippen LogP contribution in [-0.4, -0.2) is 71.1 Å². The van der Waals surface area contributed by atoms with Crippen LogP contribution >= 0.6 is 0 Å². The Morgan fingerprint density at radius 1 is 0.963 bits per heavy atom. The summed E-state index contributed by atoms with van der Waals surface area (Å²) in [6.45, 7) is 4.50. The molecule has 3 heterocycles. The molecule has 5 rings (SSSR count). The fourth-order valence-electron chi connectivity index (χ4n) is 4.89. The molecular weight excluding hydrogens is 346 g/mol. The fourth-order valence-corrected chi connectivity index (χ4v) is 4.89. The van der Waals surface area contributed by atoms with E-state index in [1.54, 1.807) is 12.4 Å². The first-order chi connectivity index (χ1) is 13.2. The number of piperazine rings is 1. The zero-order valence-corrected chi connectivity index (χ0v) is 15.1. The summed E-state index contributed by atoms with van der Waals surface area (Å²) in [4.78, 5) is 43.8. The van der Waals surface area contributed by atoms with Gasteiger partial charge in [0.05, 0.1) is 18.4 Å². The third-order valence-corrected chi connectivity index (χ3v) is 6.27. The normalized spacial score (nSPS) is 32.6. The van der Waals surface area contributed by atoms with Gasteiger partial charge in [-0.15, -0.1) is 0 Å². The predicted molar refractivity (Wildman–Crippen MR) is 96.2 cm³/mol. The number of fused-ring (bicyclic) bond motifs is 5. The number of rotatable bonds is 5. The first-order valence-corrected chi connectivity index (χ1v) is 9.66. The maximum absolute atomic E-state index is 12.6. The van der Waals surface area contributed by atoms with Crippen molar-refractivity contribution in [2.24, 2.45) is 23.7 Å². The molecule has 1 saturated carbocycles. The number of hydroxylamine groups is 2. The first kappa shape index (κ1) is 16.8. The van der Waals surface area contributed by atoms with Crippen LogP contribution < -0.4 is 4.90 Å². The van der Waals surface area contributed by atoms with E-state index in [-0.39, 0.29) is 35.5 Å². The highest BCUT2D eigenvalue weighted by Gasteiger charge is 2.60. The van der Waals surface area contributed by atoms with Gasteiger partial charge in [0.1, 0.15) is 0 Å². The molecule has 0 aromatic carbocycles. The van der Waals surface area contributed by atoms with Crippen molar-refractivity contribution in [3.05, 3.63) is 30.6 Å². The van der Waals surface area contributed by atoms with Gasteiger partial charge < -0.3 is 4.90 Å². The molecule has 2 saturated heterocycles. The molecule has 2 aliphatic heterocycles. The van der Waals surface area contributed by atoms with Crippen LogP contribution in [0.3, 0.4) is 0 Å². The van der Waals surface area contributed by atoms with Crippen molar-refractivity contribution in [2.75, 3.05) is 44.2 Å². The molecule has 2 aliphatic carbocycles. The summed E-state index contributed by atoms with van der Waals surface area (Å²) in [7, 11) is 0. The zero-order valence-electron chi connectivity index (χ0n) is 15.1. The maximum atomic E-state index is 12.6. The van der Waals surface area contributed by atoms with E-state index in [0.717, 1.165) is 43.6 Å². The molecule has 1 aromatic rings. The minimum Gasteiger partial charge on any atom is -0.338 e. The molecule has 2 unspecified atom stereocenters. The molecule has 2 bridgehead atoms. The Balaban J connectivity index is 1.10. The van der Waals surface area contributed by atoms with E-state index in [4.69, 9.17) is 4.84 Å². The summed E-state index contributed by atoms with van der Waals surface area (Å²) in [5.74, 6) is 0.526. The number of amides is 2. The third-order valence-electron chi connectivity index (χ3n) is 6.27. The summed E-state index contributed by atoms with van der Waals surface area (Å²) >= 11 is 0. The maximum Gasteiger partial charge on any atom is 0.258 e. The Morgan fingerprint density at radius 2 is 1.59 bits per heavy atom. The van der Waals surface area contributed by atoms with Crippen LogP contribution in [0.15, 0.2) is 30.6 Å². The van der Waals surface area contributed by atoms with Crippen molar-refractivity contribution in [1.82, 2.24) is 19.9 Å². The molecule has 0 radical (unpaired) electrons. The SMILES string of the molecule is O=C1C2C(C(=O)N1OCCN1CCN(c3ncccn3)CC1)[C@H]1C=C[C@@H]2C1. The molecule has 1 aromatic heterocycles. The summed E-state index contributed by atoms with van der Waals surface area (Å²) in [5.41, 5.74) is 0. The molecule has 4 atom stereocenters. The average molecular weight is 369 g/mol. The van der Waals surface area contributed by atoms with Gasteiger partial charge in [0.25, 0.3) is 11.8 Å². The standard InChI is InChI=1S/C19H23N5O3/c25-17-15-13-2-3-14(12-13)16(15)18(26)24(17)27-11-10-22-6-8-23(9-7-22)19-20-4-1-5-21-19/h1-5,13-16H,6-12H2/t13-,14+,15?,16?. The highest BCUT2D eigenvalue weighted by atomic mass is 16.7. The topological polar surface area (TPSA) is 78.9 Å². The summed E-state index contributed by atoms with van der Waals surface area (Å²) in [6, 6.07) is 1.81. The number of aromatic nitrogens is 2. The minimum atomic E-state index is -0.193. The number of carbonyl (C=O) groups excluding carboxylic acids is 2. The van der Waals surface area contributed by atoms with Crippen molar-refractivity contribution in [1.29, 1.82) is 0 Å². The number of nitrogens with zero attached hydrogens (tertiary/aromatic N) is 5. The van der Waals surface area contributed by atoms with E-state index in [2.05, 4.69) is 31.9 Å². The number of imide groups is 1.